The molecule has 0 saturated heterocycles. The molecule has 2 aromatic heterocycles. The second-order valence-electron chi connectivity index (χ2n) is 11.1. The Balaban J connectivity index is 1.43. The van der Waals surface area contributed by atoms with Crippen LogP contribution >= 0.6 is 23.4 Å². The number of aromatic nitrogens is 2. The topological polar surface area (TPSA) is 193 Å². The van der Waals surface area contributed by atoms with E-state index in [-0.39, 0.29) is 47.5 Å². The average Bonchev–Trinajstić information content (AvgIpc) is 3.72. The van der Waals surface area contributed by atoms with Crippen LogP contribution in [0.25, 0.3) is 6.08 Å². The minimum absolute atomic E-state index is 0.0416. The van der Waals surface area contributed by atoms with Gasteiger partial charge in [0.2, 0.25) is 5.70 Å². The van der Waals surface area contributed by atoms with Gasteiger partial charge < -0.3 is 30.8 Å². The number of thioether (sulfide) groups is 1. The Morgan fingerprint density at radius 3 is 2.18 bits per heavy atom. The molecule has 1 atom stereocenters. The van der Waals surface area contributed by atoms with Crippen molar-refractivity contribution in [3.05, 3.63) is 95.4 Å². The summed E-state index contributed by atoms with van der Waals surface area (Å²) in [4.78, 5) is 64.7. The van der Waals surface area contributed by atoms with Gasteiger partial charge in [-0.15, -0.1) is 23.4 Å². The van der Waals surface area contributed by atoms with Crippen molar-refractivity contribution in [2.45, 2.75) is 11.3 Å². The van der Waals surface area contributed by atoms with Gasteiger partial charge >= 0.3 is 5.91 Å². The molecule has 0 bridgehead atoms. The number of carbonyl (C=O) groups excluding carboxylic acids is 5. The molecule has 14 nitrogen and oxygen atoms in total. The Hall–Kier alpha value is -5.38. The monoisotopic (exact) mass is 706 g/mol. The van der Waals surface area contributed by atoms with Crippen molar-refractivity contribution in [2.75, 3.05) is 35.9 Å². The van der Waals surface area contributed by atoms with Crippen LogP contribution < -0.4 is 27.1 Å². The lowest BCUT2D eigenvalue weighted by atomic mass is 10.1. The quantitative estimate of drug-likeness (QED) is 0.0251. The zero-order chi connectivity index (χ0) is 35.7. The van der Waals surface area contributed by atoms with E-state index in [4.69, 9.17) is 22.7 Å². The fourth-order valence-electron chi connectivity index (χ4n) is 4.90. The second-order valence-corrected chi connectivity index (χ2v) is 12.7. The van der Waals surface area contributed by atoms with E-state index in [0.29, 0.717) is 29.4 Å². The third kappa shape index (κ3) is 9.37. The highest BCUT2D eigenvalue weighted by Gasteiger charge is 2.39. The third-order valence-corrected chi connectivity index (χ3v) is 8.78. The van der Waals surface area contributed by atoms with Crippen molar-refractivity contribution in [1.29, 1.82) is 5.41 Å². The van der Waals surface area contributed by atoms with Gasteiger partial charge in [-0.25, -0.2) is 0 Å². The number of rotatable bonds is 16. The largest absolute Gasteiger partial charge is 0.388 e. The summed E-state index contributed by atoms with van der Waals surface area (Å²) in [5, 5.41) is 15.4. The van der Waals surface area contributed by atoms with Gasteiger partial charge in [-0.05, 0) is 35.9 Å². The number of nitrogens with two attached hydrogens (primary N) is 1. The van der Waals surface area contributed by atoms with Gasteiger partial charge in [-0.1, -0.05) is 18.2 Å². The number of benzene rings is 1. The van der Waals surface area contributed by atoms with Crippen molar-refractivity contribution in [3.63, 3.8) is 0 Å². The average molecular weight is 707 g/mol. The van der Waals surface area contributed by atoms with Gasteiger partial charge in [0.1, 0.15) is 24.6 Å². The SMILES string of the molecule is Cn1cc(NC(=O)c2cc(NC(=O)C3=CC(C(=O)C=Cc4ccc(SCCCl)cc4)=C[N+]3(C)NC=O)cn2C)cc1C(=O)NCCC(=N)N. The number of hydrogen-bond acceptors (Lipinski definition) is 7. The zero-order valence-corrected chi connectivity index (χ0v) is 28.7. The smallest absolute Gasteiger partial charge is 0.312 e. The molecule has 3 heterocycles. The number of alkyl halides is 1. The molecule has 3 aromatic rings. The van der Waals surface area contributed by atoms with E-state index in [2.05, 4.69) is 21.4 Å². The molecule has 4 rings (SSSR count). The summed E-state index contributed by atoms with van der Waals surface area (Å²) in [6.45, 7) is 0.203. The van der Waals surface area contributed by atoms with Gasteiger partial charge in [0.05, 0.1) is 22.8 Å². The summed E-state index contributed by atoms with van der Waals surface area (Å²) in [6, 6.07) is 10.6. The van der Waals surface area contributed by atoms with Crippen molar-refractivity contribution in [2.24, 2.45) is 19.8 Å². The second kappa shape index (κ2) is 16.1. The lowest BCUT2D eigenvalue weighted by molar-refractivity contribution is -0.849. The van der Waals surface area contributed by atoms with Crippen molar-refractivity contribution in [3.8, 4) is 0 Å². The van der Waals surface area contributed by atoms with E-state index in [9.17, 15) is 24.0 Å². The van der Waals surface area contributed by atoms with Gasteiger partial charge in [-0.2, -0.15) is 10.0 Å². The molecule has 1 aromatic carbocycles. The molecule has 256 valence electrons. The molecule has 0 aliphatic carbocycles. The van der Waals surface area contributed by atoms with E-state index >= 15 is 0 Å². The van der Waals surface area contributed by atoms with Crippen LogP contribution in [-0.4, -0.2) is 74.7 Å². The first-order chi connectivity index (χ1) is 23.3. The molecule has 0 radical (unpaired) electrons. The van der Waals surface area contributed by atoms with Gasteiger partial charge in [0.15, 0.2) is 5.78 Å². The van der Waals surface area contributed by atoms with Crippen LogP contribution in [0.5, 0.6) is 0 Å². The number of nitrogens with zero attached hydrogens (tertiary/aromatic N) is 3. The Labute approximate surface area is 292 Å². The lowest BCUT2D eigenvalue weighted by Crippen LogP contribution is -2.50. The van der Waals surface area contributed by atoms with Crippen LogP contribution in [0.3, 0.4) is 0 Å². The van der Waals surface area contributed by atoms with Crippen LogP contribution in [0.2, 0.25) is 0 Å². The van der Waals surface area contributed by atoms with E-state index in [1.807, 2.05) is 24.3 Å². The minimum atomic E-state index is -0.606. The maximum atomic E-state index is 13.5. The highest BCUT2D eigenvalue weighted by atomic mass is 35.5. The number of aryl methyl sites for hydroxylation is 2. The number of amides is 4. The molecular formula is C33H37ClN9O5S+. The van der Waals surface area contributed by atoms with Crippen molar-refractivity contribution >= 4 is 76.6 Å². The maximum Gasteiger partial charge on any atom is 0.312 e. The summed E-state index contributed by atoms with van der Waals surface area (Å²) in [5.74, 6) is -0.550. The molecule has 1 aliphatic rings. The fraction of sp³-hybridized carbons (Fsp3) is 0.212. The number of hydrogen-bond donors (Lipinski definition) is 6. The van der Waals surface area contributed by atoms with Crippen LogP contribution in [0, 0.1) is 5.41 Å². The number of halogens is 1. The van der Waals surface area contributed by atoms with E-state index < -0.39 is 16.4 Å². The first kappa shape index (κ1) is 36.5. The van der Waals surface area contributed by atoms with Crippen molar-refractivity contribution < 1.29 is 28.6 Å². The number of amidine groups is 1. The van der Waals surface area contributed by atoms with Gasteiger partial charge in [0, 0.05) is 62.1 Å². The standard InChI is InChI=1S/C33H36ClN9O5S/c1-41-17-23(15-26(41)31(46)37-12-10-30(35)36)39-32(47)27-16-24(18-42(27)2)40-33(48)28-14-22(19-43(28,3)38-20-44)29(45)9-6-21-4-7-25(8-5-21)49-13-11-34/h4-9,14-20H,10-13H2,1-3H3,(H6-,35,36,37,38,39,40,44,46,47,48)/p+1. The molecule has 1 unspecified atom stereocenters. The van der Waals surface area contributed by atoms with Crippen LogP contribution in [-0.2, 0) is 28.5 Å². The summed E-state index contributed by atoms with van der Waals surface area (Å²) < 4.78 is 2.61. The normalized spacial score (nSPS) is 15.3. The summed E-state index contributed by atoms with van der Waals surface area (Å²) in [5.41, 5.74) is 10.1. The Bertz CT molecular complexity index is 1880. The van der Waals surface area contributed by atoms with Crippen LogP contribution in [0.15, 0.2) is 83.3 Å². The number of ketones is 1. The molecule has 4 amide bonds. The summed E-state index contributed by atoms with van der Waals surface area (Å²) in [6.07, 6.45) is 9.70. The lowest BCUT2D eigenvalue weighted by Gasteiger charge is -2.25. The van der Waals surface area contributed by atoms with Gasteiger partial charge in [-0.3, -0.25) is 29.4 Å². The first-order valence-electron chi connectivity index (χ1n) is 14.9. The highest BCUT2D eigenvalue weighted by molar-refractivity contribution is 7.99. The number of likely N-dealkylation sites (N-methyl/N-ethyl adjacent to an activating group) is 1. The summed E-state index contributed by atoms with van der Waals surface area (Å²) in [7, 11) is 4.83. The molecule has 0 saturated carbocycles. The number of quaternary nitrogens is 1. The Morgan fingerprint density at radius 1 is 0.980 bits per heavy atom. The minimum Gasteiger partial charge on any atom is -0.388 e. The van der Waals surface area contributed by atoms with E-state index in [0.717, 1.165) is 16.2 Å². The molecular weight excluding hydrogens is 670 g/mol. The number of anilines is 2. The maximum absolute atomic E-state index is 13.5. The zero-order valence-electron chi connectivity index (χ0n) is 27.1. The number of allylic oxidation sites excluding steroid dienone is 3. The Morgan fingerprint density at radius 2 is 1.59 bits per heavy atom. The first-order valence-corrected chi connectivity index (χ1v) is 16.5. The van der Waals surface area contributed by atoms with Crippen LogP contribution in [0.4, 0.5) is 11.4 Å². The van der Waals surface area contributed by atoms with Crippen molar-refractivity contribution in [1.82, 2.24) is 19.9 Å². The van der Waals surface area contributed by atoms with E-state index in [1.165, 1.54) is 35.1 Å². The fourth-order valence-corrected chi connectivity index (χ4v) is 5.78. The molecule has 49 heavy (non-hydrogen) atoms. The molecule has 1 aliphatic heterocycles. The molecule has 0 fully saturated rings. The highest BCUT2D eigenvalue weighted by Crippen LogP contribution is 2.27. The predicted octanol–water partition coefficient (Wildman–Crippen LogP) is 3.11. The van der Waals surface area contributed by atoms with E-state index in [1.54, 1.807) is 55.9 Å². The Kier molecular flexibility index (Phi) is 12.0. The number of nitrogens with one attached hydrogen (secondary N) is 5. The predicted molar refractivity (Wildman–Crippen MR) is 190 cm³/mol. The molecule has 16 heteroatoms. The van der Waals surface area contributed by atoms with Gasteiger partial charge in [0.25, 0.3) is 18.2 Å². The number of carbonyl (C=O) groups is 5. The summed E-state index contributed by atoms with van der Waals surface area (Å²) >= 11 is 7.38. The third-order valence-electron chi connectivity index (χ3n) is 7.35. The molecule has 0 spiro atoms. The van der Waals surface area contributed by atoms with Crippen LogP contribution in [0.1, 0.15) is 33.0 Å². The molecule has 7 N–H and O–H groups in total.